The molecule has 1 amide bonds. The van der Waals surface area contributed by atoms with E-state index in [2.05, 4.69) is 24.1 Å². The van der Waals surface area contributed by atoms with Crippen LogP contribution in [0.15, 0.2) is 24.5 Å². The molecule has 0 unspecified atom stereocenters. The lowest BCUT2D eigenvalue weighted by Crippen LogP contribution is -2.45. The molecule has 0 aliphatic heterocycles. The molecular formula is C16H22N2O3. The van der Waals surface area contributed by atoms with Crippen molar-refractivity contribution in [3.63, 3.8) is 0 Å². The molecule has 3 atom stereocenters. The highest BCUT2D eigenvalue weighted by Gasteiger charge is 2.28. The molecule has 1 heterocycles. The number of nitrogens with zero attached hydrogens (tertiary/aromatic N) is 1. The number of amides is 1. The zero-order chi connectivity index (χ0) is 15.2. The van der Waals surface area contributed by atoms with Crippen molar-refractivity contribution >= 4 is 11.9 Å². The second-order valence-corrected chi connectivity index (χ2v) is 5.75. The van der Waals surface area contributed by atoms with Gasteiger partial charge in [-0.15, -0.1) is 0 Å². The Morgan fingerprint density at radius 1 is 1.29 bits per heavy atom. The van der Waals surface area contributed by atoms with Crippen LogP contribution in [-0.4, -0.2) is 29.5 Å². The topological polar surface area (TPSA) is 68.3 Å². The standard InChI is InChI=1S/C16H22N2O3/c1-11-4-3-5-14(12(11)2)18-15(19)10-21-16(20)13-6-8-17-9-7-13/h6-9,11-12,14H,3-5,10H2,1-2H3,(H,18,19)/t11-,12+,14+/m0/s1. The summed E-state index contributed by atoms with van der Waals surface area (Å²) in [6.07, 6.45) is 6.37. The number of carbonyl (C=O) groups is 2. The van der Waals surface area contributed by atoms with Crippen molar-refractivity contribution in [1.29, 1.82) is 0 Å². The van der Waals surface area contributed by atoms with Gasteiger partial charge in [-0.3, -0.25) is 9.78 Å². The summed E-state index contributed by atoms with van der Waals surface area (Å²) in [6.45, 7) is 4.14. The summed E-state index contributed by atoms with van der Waals surface area (Å²) < 4.78 is 5.01. The second-order valence-electron chi connectivity index (χ2n) is 5.75. The number of carbonyl (C=O) groups excluding carboxylic acids is 2. The minimum Gasteiger partial charge on any atom is -0.452 e. The van der Waals surface area contributed by atoms with E-state index in [4.69, 9.17) is 4.74 Å². The molecule has 1 aliphatic carbocycles. The summed E-state index contributed by atoms with van der Waals surface area (Å²) in [4.78, 5) is 27.5. The Hall–Kier alpha value is -1.91. The van der Waals surface area contributed by atoms with Crippen LogP contribution < -0.4 is 5.32 Å². The maximum Gasteiger partial charge on any atom is 0.338 e. The molecule has 21 heavy (non-hydrogen) atoms. The van der Waals surface area contributed by atoms with E-state index in [1.54, 1.807) is 12.1 Å². The van der Waals surface area contributed by atoms with Gasteiger partial charge in [0.15, 0.2) is 6.61 Å². The molecule has 0 radical (unpaired) electrons. The average molecular weight is 290 g/mol. The van der Waals surface area contributed by atoms with Gasteiger partial charge in [0.2, 0.25) is 0 Å². The SMILES string of the molecule is C[C@@H]1[C@@H](C)CCC[C@H]1NC(=O)COC(=O)c1ccncc1. The maximum atomic E-state index is 11.9. The normalized spacial score (nSPS) is 25.1. The lowest BCUT2D eigenvalue weighted by Gasteiger charge is -2.34. The smallest absolute Gasteiger partial charge is 0.338 e. The van der Waals surface area contributed by atoms with E-state index in [9.17, 15) is 9.59 Å². The molecular weight excluding hydrogens is 268 g/mol. The molecule has 1 aromatic heterocycles. The lowest BCUT2D eigenvalue weighted by atomic mass is 9.78. The number of ether oxygens (including phenoxy) is 1. The molecule has 2 rings (SSSR count). The summed E-state index contributed by atoms with van der Waals surface area (Å²) >= 11 is 0. The van der Waals surface area contributed by atoms with Crippen molar-refractivity contribution in [1.82, 2.24) is 10.3 Å². The molecule has 1 saturated carbocycles. The lowest BCUT2D eigenvalue weighted by molar-refractivity contribution is -0.125. The van der Waals surface area contributed by atoms with Crippen molar-refractivity contribution in [2.24, 2.45) is 11.8 Å². The summed E-state index contributed by atoms with van der Waals surface area (Å²) in [7, 11) is 0. The van der Waals surface area contributed by atoms with E-state index >= 15 is 0 Å². The summed E-state index contributed by atoms with van der Waals surface area (Å²) in [6, 6.07) is 3.30. The molecule has 1 fully saturated rings. The van der Waals surface area contributed by atoms with Crippen molar-refractivity contribution < 1.29 is 14.3 Å². The fourth-order valence-corrected chi connectivity index (χ4v) is 2.74. The number of nitrogens with one attached hydrogen (secondary N) is 1. The third-order valence-corrected chi connectivity index (χ3v) is 4.30. The number of hydrogen-bond donors (Lipinski definition) is 1. The van der Waals surface area contributed by atoms with Crippen LogP contribution in [0.1, 0.15) is 43.5 Å². The molecule has 1 aromatic rings. The minimum atomic E-state index is -0.502. The minimum absolute atomic E-state index is 0.181. The van der Waals surface area contributed by atoms with Crippen molar-refractivity contribution in [2.75, 3.05) is 6.61 Å². The van der Waals surface area contributed by atoms with Gasteiger partial charge in [-0.1, -0.05) is 26.7 Å². The number of aromatic nitrogens is 1. The molecule has 5 heteroatoms. The Kier molecular flexibility index (Phi) is 5.31. The third kappa shape index (κ3) is 4.28. The van der Waals surface area contributed by atoms with Crippen LogP contribution in [0.2, 0.25) is 0 Å². The average Bonchev–Trinajstić information content (AvgIpc) is 2.50. The summed E-state index contributed by atoms with van der Waals surface area (Å²) in [5, 5.41) is 2.98. The molecule has 114 valence electrons. The number of pyridine rings is 1. The number of rotatable bonds is 4. The first-order valence-electron chi connectivity index (χ1n) is 7.44. The van der Waals surface area contributed by atoms with Crippen LogP contribution in [0.5, 0.6) is 0 Å². The van der Waals surface area contributed by atoms with Crippen LogP contribution in [-0.2, 0) is 9.53 Å². The molecule has 1 aliphatic rings. The molecule has 0 saturated heterocycles. The fourth-order valence-electron chi connectivity index (χ4n) is 2.74. The monoisotopic (exact) mass is 290 g/mol. The Labute approximate surface area is 125 Å². The van der Waals surface area contributed by atoms with Gasteiger partial charge in [0.05, 0.1) is 5.56 Å². The predicted octanol–water partition coefficient (Wildman–Crippen LogP) is 2.18. The van der Waals surface area contributed by atoms with Crippen LogP contribution in [0.4, 0.5) is 0 Å². The first-order valence-corrected chi connectivity index (χ1v) is 7.44. The van der Waals surface area contributed by atoms with E-state index in [0.717, 1.165) is 12.8 Å². The Morgan fingerprint density at radius 2 is 2.00 bits per heavy atom. The second kappa shape index (κ2) is 7.20. The van der Waals surface area contributed by atoms with Gasteiger partial charge < -0.3 is 10.1 Å². The number of hydrogen-bond acceptors (Lipinski definition) is 4. The van der Waals surface area contributed by atoms with Crippen LogP contribution in [0.25, 0.3) is 0 Å². The van der Waals surface area contributed by atoms with Crippen LogP contribution in [0, 0.1) is 11.8 Å². The quantitative estimate of drug-likeness (QED) is 0.863. The fraction of sp³-hybridized carbons (Fsp3) is 0.562. The van der Waals surface area contributed by atoms with E-state index in [0.29, 0.717) is 17.4 Å². The predicted molar refractivity (Wildman–Crippen MR) is 78.6 cm³/mol. The molecule has 1 N–H and O–H groups in total. The highest BCUT2D eigenvalue weighted by atomic mass is 16.5. The Bertz CT molecular complexity index is 490. The molecule has 0 aromatic carbocycles. The van der Waals surface area contributed by atoms with Crippen molar-refractivity contribution in [3.05, 3.63) is 30.1 Å². The summed E-state index contributed by atoms with van der Waals surface area (Å²) in [5.41, 5.74) is 0.400. The van der Waals surface area contributed by atoms with Gasteiger partial charge >= 0.3 is 5.97 Å². The zero-order valence-corrected chi connectivity index (χ0v) is 12.5. The van der Waals surface area contributed by atoms with Crippen LogP contribution in [0.3, 0.4) is 0 Å². The summed E-state index contributed by atoms with van der Waals surface area (Å²) in [5.74, 6) is 0.336. The molecule has 0 bridgehead atoms. The van der Waals surface area contributed by atoms with Gasteiger partial charge in [0, 0.05) is 18.4 Å². The van der Waals surface area contributed by atoms with Gasteiger partial charge in [0.25, 0.3) is 5.91 Å². The molecule has 5 nitrogen and oxygen atoms in total. The third-order valence-electron chi connectivity index (χ3n) is 4.30. The van der Waals surface area contributed by atoms with Gasteiger partial charge in [-0.05, 0) is 30.4 Å². The Balaban J connectivity index is 1.78. The van der Waals surface area contributed by atoms with Crippen LogP contribution >= 0.6 is 0 Å². The highest BCUT2D eigenvalue weighted by molar-refractivity contribution is 5.91. The van der Waals surface area contributed by atoms with E-state index < -0.39 is 5.97 Å². The Morgan fingerprint density at radius 3 is 2.71 bits per heavy atom. The first kappa shape index (κ1) is 15.5. The number of esters is 1. The van der Waals surface area contributed by atoms with Crippen molar-refractivity contribution in [2.45, 2.75) is 39.2 Å². The van der Waals surface area contributed by atoms with E-state index in [1.165, 1.54) is 18.8 Å². The first-order chi connectivity index (χ1) is 10.1. The highest BCUT2D eigenvalue weighted by Crippen LogP contribution is 2.29. The van der Waals surface area contributed by atoms with E-state index in [1.807, 2.05) is 0 Å². The van der Waals surface area contributed by atoms with Gasteiger partial charge in [0.1, 0.15) is 0 Å². The zero-order valence-electron chi connectivity index (χ0n) is 12.5. The maximum absolute atomic E-state index is 11.9. The van der Waals surface area contributed by atoms with Gasteiger partial charge in [-0.2, -0.15) is 0 Å². The van der Waals surface area contributed by atoms with Crippen molar-refractivity contribution in [3.8, 4) is 0 Å². The molecule has 0 spiro atoms. The van der Waals surface area contributed by atoms with Gasteiger partial charge in [-0.25, -0.2) is 4.79 Å². The largest absolute Gasteiger partial charge is 0.452 e. The van der Waals surface area contributed by atoms with E-state index in [-0.39, 0.29) is 18.6 Å².